The summed E-state index contributed by atoms with van der Waals surface area (Å²) >= 11 is 1.48. The van der Waals surface area contributed by atoms with Gasteiger partial charge in [0, 0.05) is 18.0 Å². The summed E-state index contributed by atoms with van der Waals surface area (Å²) in [5, 5.41) is 12.8. The van der Waals surface area contributed by atoms with Crippen molar-refractivity contribution >= 4 is 34.8 Å². The van der Waals surface area contributed by atoms with Gasteiger partial charge in [0.25, 0.3) is 5.56 Å². The van der Waals surface area contributed by atoms with E-state index in [2.05, 4.69) is 25.3 Å². The quantitative estimate of drug-likeness (QED) is 0.198. The number of fused-ring (bicyclic) bond motifs is 1. The number of benzene rings is 1. The van der Waals surface area contributed by atoms with E-state index in [1.54, 1.807) is 31.3 Å². The van der Waals surface area contributed by atoms with Gasteiger partial charge in [-0.2, -0.15) is 0 Å². The molecule has 196 valence electrons. The van der Waals surface area contributed by atoms with Crippen LogP contribution in [0.5, 0.6) is 0 Å². The van der Waals surface area contributed by atoms with Crippen LogP contribution in [-0.2, 0) is 0 Å². The molecule has 0 unspecified atom stereocenters. The van der Waals surface area contributed by atoms with Crippen molar-refractivity contribution in [2.45, 2.75) is 18.0 Å². The van der Waals surface area contributed by atoms with E-state index in [1.165, 1.54) is 48.4 Å². The fourth-order valence-electron chi connectivity index (χ4n) is 4.18. The molecule has 4 aromatic heterocycles. The first-order chi connectivity index (χ1) is 18.8. The maximum Gasteiger partial charge on any atom is 0.266 e. The van der Waals surface area contributed by atoms with Gasteiger partial charge in [0.1, 0.15) is 35.2 Å². The molecule has 5 rings (SSSR count). The van der Waals surface area contributed by atoms with E-state index < -0.39 is 23.2 Å². The highest BCUT2D eigenvalue weighted by Gasteiger charge is 2.23. The Balaban J connectivity index is 1.62. The molecular weight excluding hydrogens is 522 g/mol. The molecule has 0 amide bonds. The summed E-state index contributed by atoms with van der Waals surface area (Å²) in [5.74, 6) is -0.843. The SMILES string of the molecule is CSc1ccc(C(=N)c2c(N)ncnc2N[C@H](C)c2nc3ccc(F)cn3c(=O)c2-c2cccc(F)c2)cn1. The zero-order chi connectivity index (χ0) is 27.7. The summed E-state index contributed by atoms with van der Waals surface area (Å²) < 4.78 is 29.2. The average Bonchev–Trinajstić information content (AvgIpc) is 2.93. The van der Waals surface area contributed by atoms with E-state index in [0.717, 1.165) is 15.6 Å². The van der Waals surface area contributed by atoms with Crippen LogP contribution in [-0.4, -0.2) is 36.3 Å². The molecular formula is C27H22F2N8OS. The lowest BCUT2D eigenvalue weighted by Crippen LogP contribution is -2.24. The molecule has 0 saturated carbocycles. The fraction of sp³-hybridized carbons (Fsp3) is 0.111. The van der Waals surface area contributed by atoms with Gasteiger partial charge in [0.15, 0.2) is 0 Å². The van der Waals surface area contributed by atoms with E-state index >= 15 is 0 Å². The Morgan fingerprint density at radius 3 is 2.64 bits per heavy atom. The van der Waals surface area contributed by atoms with Crippen LogP contribution in [0, 0.1) is 17.0 Å². The molecule has 39 heavy (non-hydrogen) atoms. The van der Waals surface area contributed by atoms with E-state index in [4.69, 9.17) is 11.1 Å². The van der Waals surface area contributed by atoms with Crippen molar-refractivity contribution in [2.75, 3.05) is 17.3 Å². The number of nitrogens with zero attached hydrogens (tertiary/aromatic N) is 5. The number of thioether (sulfide) groups is 1. The predicted octanol–water partition coefficient (Wildman–Crippen LogP) is 4.72. The van der Waals surface area contributed by atoms with E-state index in [9.17, 15) is 13.6 Å². The standard InChI is InChI=1S/C27H22F2N8OS/c1-14(35-26-22(25(31)33-13-34-26)23(30)16-6-9-20(39-2)32-11-16)24-21(15-4-3-5-17(28)10-15)27(38)37-12-18(29)7-8-19(37)36-24/h3-14,30H,1-2H3,(H3,31,33,34,35)/t14-/m1/s1. The Hall–Kier alpha value is -4.71. The second-order valence-electron chi connectivity index (χ2n) is 8.58. The highest BCUT2D eigenvalue weighted by atomic mass is 32.2. The Kier molecular flexibility index (Phi) is 7.03. The number of nitrogens with two attached hydrogens (primary N) is 1. The van der Waals surface area contributed by atoms with Crippen LogP contribution in [0.2, 0.25) is 0 Å². The summed E-state index contributed by atoms with van der Waals surface area (Å²) in [6.07, 6.45) is 5.77. The van der Waals surface area contributed by atoms with Crippen LogP contribution < -0.4 is 16.6 Å². The van der Waals surface area contributed by atoms with Crippen LogP contribution in [0.4, 0.5) is 20.4 Å². The molecule has 0 bridgehead atoms. The first-order valence-corrected chi connectivity index (χ1v) is 12.9. The summed E-state index contributed by atoms with van der Waals surface area (Å²) in [6.45, 7) is 1.74. The van der Waals surface area contributed by atoms with Gasteiger partial charge in [-0.15, -0.1) is 11.8 Å². The topological polar surface area (TPSA) is 135 Å². The minimum Gasteiger partial charge on any atom is -0.383 e. The molecule has 1 aromatic carbocycles. The molecule has 4 heterocycles. The van der Waals surface area contributed by atoms with E-state index in [-0.39, 0.29) is 45.4 Å². The molecule has 12 heteroatoms. The minimum absolute atomic E-state index is 0.0512. The normalized spacial score (nSPS) is 11.9. The lowest BCUT2D eigenvalue weighted by atomic mass is 10.0. The van der Waals surface area contributed by atoms with Gasteiger partial charge in [-0.05, 0) is 55.1 Å². The Morgan fingerprint density at radius 1 is 1.10 bits per heavy atom. The number of aromatic nitrogens is 5. The van der Waals surface area contributed by atoms with Gasteiger partial charge in [0.05, 0.1) is 33.6 Å². The minimum atomic E-state index is -0.677. The van der Waals surface area contributed by atoms with Gasteiger partial charge < -0.3 is 11.1 Å². The number of rotatable bonds is 7. The van der Waals surface area contributed by atoms with Gasteiger partial charge >= 0.3 is 0 Å². The second-order valence-corrected chi connectivity index (χ2v) is 9.40. The van der Waals surface area contributed by atoms with Crippen molar-refractivity contribution in [3.05, 3.63) is 106 Å². The lowest BCUT2D eigenvalue weighted by molar-refractivity contribution is 0.617. The lowest BCUT2D eigenvalue weighted by Gasteiger charge is -2.20. The first kappa shape index (κ1) is 25.9. The van der Waals surface area contributed by atoms with Crippen LogP contribution in [0.15, 0.2) is 77.1 Å². The van der Waals surface area contributed by atoms with Gasteiger partial charge in [-0.3, -0.25) is 14.6 Å². The first-order valence-electron chi connectivity index (χ1n) is 11.7. The van der Waals surface area contributed by atoms with Crippen LogP contribution in [0.1, 0.15) is 29.8 Å². The number of pyridine rings is 2. The van der Waals surface area contributed by atoms with Gasteiger partial charge in [-0.25, -0.2) is 28.7 Å². The van der Waals surface area contributed by atoms with Crippen molar-refractivity contribution in [3.63, 3.8) is 0 Å². The Bertz CT molecular complexity index is 1780. The fourth-order valence-corrected chi connectivity index (χ4v) is 4.54. The maximum absolute atomic E-state index is 14.2. The molecule has 4 N–H and O–H groups in total. The summed E-state index contributed by atoms with van der Waals surface area (Å²) in [6, 6.07) is 11.0. The zero-order valence-electron chi connectivity index (χ0n) is 20.8. The Morgan fingerprint density at radius 2 is 1.92 bits per heavy atom. The van der Waals surface area contributed by atoms with Gasteiger partial charge in [-0.1, -0.05) is 12.1 Å². The Labute approximate surface area is 225 Å². The highest BCUT2D eigenvalue weighted by molar-refractivity contribution is 7.98. The molecule has 0 spiro atoms. The number of halogens is 2. The number of anilines is 2. The molecule has 0 aliphatic heterocycles. The summed E-state index contributed by atoms with van der Waals surface area (Å²) in [4.78, 5) is 30.9. The molecule has 5 aromatic rings. The molecule has 0 aliphatic rings. The number of nitrogen functional groups attached to an aromatic ring is 1. The molecule has 0 aliphatic carbocycles. The van der Waals surface area contributed by atoms with Crippen LogP contribution in [0.3, 0.4) is 0 Å². The average molecular weight is 545 g/mol. The van der Waals surface area contributed by atoms with Crippen molar-refractivity contribution in [3.8, 4) is 11.1 Å². The second kappa shape index (κ2) is 10.6. The summed E-state index contributed by atoms with van der Waals surface area (Å²) in [5.41, 5.74) is 7.27. The number of hydrogen-bond acceptors (Lipinski definition) is 9. The van der Waals surface area contributed by atoms with Gasteiger partial charge in [0.2, 0.25) is 0 Å². The maximum atomic E-state index is 14.2. The predicted molar refractivity (Wildman–Crippen MR) is 147 cm³/mol. The van der Waals surface area contributed by atoms with Crippen molar-refractivity contribution in [1.82, 2.24) is 24.3 Å². The van der Waals surface area contributed by atoms with Crippen molar-refractivity contribution < 1.29 is 8.78 Å². The third kappa shape index (κ3) is 5.06. The molecule has 0 radical (unpaired) electrons. The summed E-state index contributed by atoms with van der Waals surface area (Å²) in [7, 11) is 0. The molecule has 9 nitrogen and oxygen atoms in total. The third-order valence-electron chi connectivity index (χ3n) is 6.05. The third-order valence-corrected chi connectivity index (χ3v) is 6.71. The highest BCUT2D eigenvalue weighted by Crippen LogP contribution is 2.30. The van der Waals surface area contributed by atoms with Crippen LogP contribution in [0.25, 0.3) is 16.8 Å². The monoisotopic (exact) mass is 544 g/mol. The number of nitrogens with one attached hydrogen (secondary N) is 2. The van der Waals surface area contributed by atoms with Crippen molar-refractivity contribution in [1.29, 1.82) is 5.41 Å². The molecule has 0 fully saturated rings. The number of hydrogen-bond donors (Lipinski definition) is 3. The van der Waals surface area contributed by atoms with E-state index in [0.29, 0.717) is 5.56 Å². The smallest absolute Gasteiger partial charge is 0.266 e. The van der Waals surface area contributed by atoms with Crippen molar-refractivity contribution in [2.24, 2.45) is 0 Å². The largest absolute Gasteiger partial charge is 0.383 e. The van der Waals surface area contributed by atoms with Crippen LogP contribution >= 0.6 is 11.8 Å². The molecule has 0 saturated heterocycles. The molecule has 1 atom stereocenters. The van der Waals surface area contributed by atoms with E-state index in [1.807, 2.05) is 6.26 Å². The zero-order valence-corrected chi connectivity index (χ0v) is 21.6.